The second-order valence-corrected chi connectivity index (χ2v) is 7.64. The fourth-order valence-electron chi connectivity index (χ4n) is 3.07. The SMILES string of the molecule is COc1ccc2c(-n3cc(Cl)c4cc(NS(N)(=O)=O)ccc43)ccnc2c1. The Hall–Kier alpha value is -2.81. The maximum atomic E-state index is 11.3. The lowest BCUT2D eigenvalue weighted by atomic mass is 10.1. The zero-order valence-electron chi connectivity index (χ0n) is 14.2. The van der Waals surface area contributed by atoms with Crippen LogP contribution in [-0.2, 0) is 10.2 Å². The highest BCUT2D eigenvalue weighted by Gasteiger charge is 2.13. The molecule has 0 unspecified atom stereocenters. The Morgan fingerprint density at radius 2 is 1.96 bits per heavy atom. The van der Waals surface area contributed by atoms with Crippen LogP contribution < -0.4 is 14.6 Å². The molecule has 0 radical (unpaired) electrons. The average Bonchev–Trinajstić information content (AvgIpc) is 2.95. The molecule has 0 atom stereocenters. The molecule has 9 heteroatoms. The lowest BCUT2D eigenvalue weighted by Gasteiger charge is -2.10. The van der Waals surface area contributed by atoms with E-state index in [1.165, 1.54) is 0 Å². The van der Waals surface area contributed by atoms with Crippen molar-refractivity contribution in [3.63, 3.8) is 0 Å². The zero-order chi connectivity index (χ0) is 19.2. The Bertz CT molecular complexity index is 1280. The summed E-state index contributed by atoms with van der Waals surface area (Å²) in [4.78, 5) is 4.40. The lowest BCUT2D eigenvalue weighted by molar-refractivity contribution is 0.415. The average molecular weight is 403 g/mol. The van der Waals surface area contributed by atoms with Crippen LogP contribution in [0, 0.1) is 0 Å². The molecule has 4 aromatic rings. The molecule has 27 heavy (non-hydrogen) atoms. The molecule has 0 saturated heterocycles. The van der Waals surface area contributed by atoms with Crippen molar-refractivity contribution in [3.05, 3.63) is 59.9 Å². The summed E-state index contributed by atoms with van der Waals surface area (Å²) in [6.45, 7) is 0. The summed E-state index contributed by atoms with van der Waals surface area (Å²) in [5, 5.41) is 7.15. The Morgan fingerprint density at radius 1 is 1.15 bits per heavy atom. The fourth-order valence-corrected chi connectivity index (χ4v) is 3.77. The van der Waals surface area contributed by atoms with Gasteiger partial charge in [0.15, 0.2) is 0 Å². The van der Waals surface area contributed by atoms with Crippen LogP contribution in [0.4, 0.5) is 5.69 Å². The van der Waals surface area contributed by atoms with Gasteiger partial charge in [-0.25, -0.2) is 5.14 Å². The van der Waals surface area contributed by atoms with E-state index < -0.39 is 10.2 Å². The van der Waals surface area contributed by atoms with E-state index in [0.29, 0.717) is 16.1 Å². The summed E-state index contributed by atoms with van der Waals surface area (Å²) in [6.07, 6.45) is 3.50. The first-order valence-corrected chi connectivity index (χ1v) is 9.82. The molecule has 0 spiro atoms. The summed E-state index contributed by atoms with van der Waals surface area (Å²) in [7, 11) is -2.25. The van der Waals surface area contributed by atoms with Gasteiger partial charge in [0.1, 0.15) is 5.75 Å². The van der Waals surface area contributed by atoms with Crippen LogP contribution in [0.2, 0.25) is 5.02 Å². The van der Waals surface area contributed by atoms with E-state index in [-0.39, 0.29) is 0 Å². The van der Waals surface area contributed by atoms with Crippen molar-refractivity contribution in [2.45, 2.75) is 0 Å². The second kappa shape index (κ2) is 6.41. The highest BCUT2D eigenvalue weighted by molar-refractivity contribution is 7.90. The predicted molar refractivity (Wildman–Crippen MR) is 107 cm³/mol. The van der Waals surface area contributed by atoms with Crippen molar-refractivity contribution in [1.29, 1.82) is 0 Å². The largest absolute Gasteiger partial charge is 0.497 e. The third-order valence-corrected chi connectivity index (χ3v) is 5.02. The zero-order valence-corrected chi connectivity index (χ0v) is 15.8. The summed E-state index contributed by atoms with van der Waals surface area (Å²) in [5.41, 5.74) is 2.85. The Kier molecular flexibility index (Phi) is 4.18. The number of benzene rings is 2. The summed E-state index contributed by atoms with van der Waals surface area (Å²) < 4.78 is 32.0. The summed E-state index contributed by atoms with van der Waals surface area (Å²) >= 11 is 6.40. The van der Waals surface area contributed by atoms with Gasteiger partial charge in [-0.2, -0.15) is 8.42 Å². The number of nitrogens with one attached hydrogen (secondary N) is 1. The summed E-state index contributed by atoms with van der Waals surface area (Å²) in [5.74, 6) is 0.723. The van der Waals surface area contributed by atoms with E-state index in [9.17, 15) is 8.42 Å². The maximum Gasteiger partial charge on any atom is 0.296 e. The van der Waals surface area contributed by atoms with E-state index in [1.54, 1.807) is 37.7 Å². The number of nitrogens with zero attached hydrogens (tertiary/aromatic N) is 2. The number of hydrogen-bond donors (Lipinski definition) is 2. The molecule has 7 nitrogen and oxygen atoms in total. The minimum atomic E-state index is -3.86. The van der Waals surface area contributed by atoms with E-state index in [0.717, 1.165) is 27.9 Å². The quantitative estimate of drug-likeness (QED) is 0.546. The van der Waals surface area contributed by atoms with Crippen molar-refractivity contribution in [1.82, 2.24) is 9.55 Å². The van der Waals surface area contributed by atoms with Crippen LogP contribution in [0.3, 0.4) is 0 Å². The molecule has 138 valence electrons. The first-order valence-electron chi connectivity index (χ1n) is 7.90. The van der Waals surface area contributed by atoms with Crippen molar-refractivity contribution in [2.24, 2.45) is 5.14 Å². The monoisotopic (exact) mass is 402 g/mol. The standard InChI is InChI=1S/C18H15ClN4O3S/c1-26-12-3-4-13-16(9-12)21-7-6-18(13)23-10-15(19)14-8-11(2-5-17(14)23)22-27(20,24)25/h2-10,22H,1H3,(H2,20,24,25). The van der Waals surface area contributed by atoms with E-state index in [2.05, 4.69) is 9.71 Å². The number of anilines is 1. The van der Waals surface area contributed by atoms with Crippen LogP contribution in [-0.4, -0.2) is 25.1 Å². The number of fused-ring (bicyclic) bond motifs is 2. The third-order valence-electron chi connectivity index (χ3n) is 4.20. The molecule has 2 heterocycles. The molecule has 0 fully saturated rings. The molecular formula is C18H15ClN4O3S. The third kappa shape index (κ3) is 3.30. The topological polar surface area (TPSA) is 99.2 Å². The van der Waals surface area contributed by atoms with Gasteiger partial charge < -0.3 is 9.30 Å². The van der Waals surface area contributed by atoms with Gasteiger partial charge >= 0.3 is 0 Å². The first kappa shape index (κ1) is 17.6. The van der Waals surface area contributed by atoms with Crippen LogP contribution in [0.1, 0.15) is 0 Å². The van der Waals surface area contributed by atoms with E-state index >= 15 is 0 Å². The molecule has 3 N–H and O–H groups in total. The van der Waals surface area contributed by atoms with Gasteiger partial charge in [0.05, 0.1) is 34.5 Å². The van der Waals surface area contributed by atoms with Gasteiger partial charge in [0.25, 0.3) is 10.2 Å². The number of pyridine rings is 1. The van der Waals surface area contributed by atoms with Gasteiger partial charge in [-0.3, -0.25) is 9.71 Å². The smallest absolute Gasteiger partial charge is 0.296 e. The van der Waals surface area contributed by atoms with Crippen molar-refractivity contribution < 1.29 is 13.2 Å². The Labute approximate surface area is 160 Å². The number of halogens is 1. The van der Waals surface area contributed by atoms with Crippen molar-refractivity contribution in [2.75, 3.05) is 11.8 Å². The maximum absolute atomic E-state index is 11.3. The van der Waals surface area contributed by atoms with Gasteiger partial charge in [-0.15, -0.1) is 0 Å². The second-order valence-electron chi connectivity index (χ2n) is 5.94. The van der Waals surface area contributed by atoms with Crippen LogP contribution in [0.25, 0.3) is 27.5 Å². The Balaban J connectivity index is 1.91. The number of nitrogens with two attached hydrogens (primary N) is 1. The molecule has 0 saturated carbocycles. The molecule has 0 aliphatic heterocycles. The number of methoxy groups -OCH3 is 1. The van der Waals surface area contributed by atoms with Crippen molar-refractivity contribution in [3.8, 4) is 11.4 Å². The first-order chi connectivity index (χ1) is 12.9. The van der Waals surface area contributed by atoms with Gasteiger partial charge in [-0.1, -0.05) is 11.6 Å². The number of aromatic nitrogens is 2. The minimum Gasteiger partial charge on any atom is -0.497 e. The number of rotatable bonds is 4. The predicted octanol–water partition coefficient (Wildman–Crippen LogP) is 3.46. The minimum absolute atomic E-state index is 0.342. The molecule has 0 amide bonds. The Morgan fingerprint density at radius 3 is 2.70 bits per heavy atom. The van der Waals surface area contributed by atoms with Gasteiger partial charge in [-0.05, 0) is 36.4 Å². The number of hydrogen-bond acceptors (Lipinski definition) is 4. The molecule has 0 aliphatic rings. The van der Waals surface area contributed by atoms with E-state index in [4.69, 9.17) is 21.5 Å². The highest BCUT2D eigenvalue weighted by atomic mass is 35.5. The van der Waals surface area contributed by atoms with Gasteiger partial charge in [0.2, 0.25) is 0 Å². The molecular weight excluding hydrogens is 388 g/mol. The molecule has 4 rings (SSSR count). The molecule has 0 bridgehead atoms. The normalized spacial score (nSPS) is 11.8. The number of ether oxygens (including phenoxy) is 1. The van der Waals surface area contributed by atoms with Gasteiger partial charge in [0, 0.05) is 29.2 Å². The van der Waals surface area contributed by atoms with Crippen LogP contribution >= 0.6 is 11.6 Å². The van der Waals surface area contributed by atoms with Crippen LogP contribution in [0.15, 0.2) is 54.9 Å². The lowest BCUT2D eigenvalue weighted by Crippen LogP contribution is -2.21. The highest BCUT2D eigenvalue weighted by Crippen LogP contribution is 2.33. The molecule has 2 aromatic carbocycles. The fraction of sp³-hybridized carbons (Fsp3) is 0.0556. The van der Waals surface area contributed by atoms with E-state index in [1.807, 2.05) is 28.8 Å². The van der Waals surface area contributed by atoms with Crippen molar-refractivity contribution >= 4 is 49.3 Å². The molecule has 0 aliphatic carbocycles. The van der Waals surface area contributed by atoms with Crippen LogP contribution in [0.5, 0.6) is 5.75 Å². The molecule has 2 aromatic heterocycles. The summed E-state index contributed by atoms with van der Waals surface area (Å²) in [6, 6.07) is 12.6.